The maximum atomic E-state index is 11.8. The summed E-state index contributed by atoms with van der Waals surface area (Å²) in [6.45, 7) is 4.69. The molecule has 0 aliphatic rings. The summed E-state index contributed by atoms with van der Waals surface area (Å²) in [7, 11) is 0. The number of amides is 1. The van der Waals surface area contributed by atoms with Crippen molar-refractivity contribution in [3.05, 3.63) is 40.9 Å². The molecule has 1 aromatic heterocycles. The van der Waals surface area contributed by atoms with Crippen LogP contribution in [-0.2, 0) is 16.0 Å². The van der Waals surface area contributed by atoms with E-state index in [2.05, 4.69) is 48.4 Å². The van der Waals surface area contributed by atoms with Crippen LogP contribution in [0.2, 0.25) is 0 Å². The first-order valence-electron chi connectivity index (χ1n) is 7.99. The summed E-state index contributed by atoms with van der Waals surface area (Å²) in [5.74, 6) is -0.486. The Morgan fingerprint density at radius 1 is 1.25 bits per heavy atom. The van der Waals surface area contributed by atoms with Crippen molar-refractivity contribution in [1.82, 2.24) is 10.3 Å². The van der Waals surface area contributed by atoms with Crippen LogP contribution in [0.25, 0.3) is 10.6 Å². The average molecular weight is 346 g/mol. The number of nitrogens with zero attached hydrogens (tertiary/aromatic N) is 1. The molecule has 128 valence electrons. The fraction of sp³-hybridized carbons (Fsp3) is 0.389. The highest BCUT2D eigenvalue weighted by molar-refractivity contribution is 7.13. The van der Waals surface area contributed by atoms with E-state index in [9.17, 15) is 9.59 Å². The van der Waals surface area contributed by atoms with Gasteiger partial charge in [-0.25, -0.2) is 4.98 Å². The molecule has 2 N–H and O–H groups in total. The Hall–Kier alpha value is -2.21. The Morgan fingerprint density at radius 3 is 2.58 bits per heavy atom. The standard InChI is InChI=1S/C18H22N2O3S/c1-12(2)13-5-7-14(8-6-13)18-20-15(11-24-18)10-16(21)19-9-3-4-17(22)23/h5-8,11-12H,3-4,9-10H2,1-2H3,(H,19,21)(H,22,23). The third-order valence-electron chi connectivity index (χ3n) is 3.61. The van der Waals surface area contributed by atoms with Crippen LogP contribution >= 0.6 is 11.3 Å². The number of carboxylic acid groups (broad SMARTS) is 1. The minimum absolute atomic E-state index is 0.0630. The van der Waals surface area contributed by atoms with Gasteiger partial charge >= 0.3 is 5.97 Å². The van der Waals surface area contributed by atoms with Crippen LogP contribution in [0.4, 0.5) is 0 Å². The fourth-order valence-electron chi connectivity index (χ4n) is 2.23. The summed E-state index contributed by atoms with van der Waals surface area (Å²) in [6.07, 6.45) is 0.715. The molecule has 6 heteroatoms. The predicted octanol–water partition coefficient (Wildman–Crippen LogP) is 3.46. The molecule has 0 saturated carbocycles. The van der Waals surface area contributed by atoms with Crippen molar-refractivity contribution < 1.29 is 14.7 Å². The number of thiazole rings is 1. The van der Waals surface area contributed by atoms with Crippen molar-refractivity contribution in [2.45, 2.75) is 39.0 Å². The molecule has 24 heavy (non-hydrogen) atoms. The van der Waals surface area contributed by atoms with E-state index in [4.69, 9.17) is 5.11 Å². The van der Waals surface area contributed by atoms with Crippen molar-refractivity contribution in [2.24, 2.45) is 0 Å². The van der Waals surface area contributed by atoms with Crippen molar-refractivity contribution in [2.75, 3.05) is 6.54 Å². The summed E-state index contributed by atoms with van der Waals surface area (Å²) >= 11 is 1.52. The lowest BCUT2D eigenvalue weighted by atomic mass is 10.0. The van der Waals surface area contributed by atoms with Gasteiger partial charge in [0.2, 0.25) is 5.91 Å². The summed E-state index contributed by atoms with van der Waals surface area (Å²) in [5.41, 5.74) is 3.08. The first-order valence-corrected chi connectivity index (χ1v) is 8.87. The number of benzene rings is 1. The molecule has 0 atom stereocenters. The van der Waals surface area contributed by atoms with E-state index in [1.807, 2.05) is 5.38 Å². The summed E-state index contributed by atoms with van der Waals surface area (Å²) in [4.78, 5) is 26.8. The third kappa shape index (κ3) is 5.45. The molecule has 1 heterocycles. The molecule has 0 bridgehead atoms. The molecule has 0 fully saturated rings. The highest BCUT2D eigenvalue weighted by Crippen LogP contribution is 2.25. The van der Waals surface area contributed by atoms with Gasteiger partial charge in [-0.1, -0.05) is 38.1 Å². The van der Waals surface area contributed by atoms with Crippen molar-refractivity contribution in [3.63, 3.8) is 0 Å². The number of carbonyl (C=O) groups is 2. The number of rotatable bonds is 8. The molecule has 0 aliphatic carbocycles. The van der Waals surface area contributed by atoms with Crippen LogP contribution in [0, 0.1) is 0 Å². The molecule has 1 aromatic carbocycles. The molecule has 0 spiro atoms. The molecule has 1 amide bonds. The van der Waals surface area contributed by atoms with Crippen molar-refractivity contribution in [3.8, 4) is 10.6 Å². The first kappa shape index (κ1) is 18.1. The van der Waals surface area contributed by atoms with Crippen molar-refractivity contribution >= 4 is 23.2 Å². The number of hydrogen-bond acceptors (Lipinski definition) is 4. The second-order valence-electron chi connectivity index (χ2n) is 5.94. The van der Waals surface area contributed by atoms with Crippen LogP contribution in [0.3, 0.4) is 0 Å². The molecular formula is C18H22N2O3S. The Bertz CT molecular complexity index is 693. The lowest BCUT2D eigenvalue weighted by Crippen LogP contribution is -2.26. The quantitative estimate of drug-likeness (QED) is 0.718. The van der Waals surface area contributed by atoms with Crippen LogP contribution in [0.15, 0.2) is 29.6 Å². The minimum Gasteiger partial charge on any atom is -0.481 e. The lowest BCUT2D eigenvalue weighted by molar-refractivity contribution is -0.137. The van der Waals surface area contributed by atoms with Crippen LogP contribution in [0.5, 0.6) is 0 Å². The van der Waals surface area contributed by atoms with E-state index in [0.29, 0.717) is 18.9 Å². The van der Waals surface area contributed by atoms with Crippen molar-refractivity contribution in [1.29, 1.82) is 0 Å². The highest BCUT2D eigenvalue weighted by atomic mass is 32.1. The van der Waals surface area contributed by atoms with Gasteiger partial charge in [0.05, 0.1) is 12.1 Å². The monoisotopic (exact) mass is 346 g/mol. The van der Waals surface area contributed by atoms with Gasteiger partial charge in [-0.15, -0.1) is 11.3 Å². The summed E-state index contributed by atoms with van der Waals surface area (Å²) in [6, 6.07) is 8.33. The maximum absolute atomic E-state index is 11.8. The molecule has 0 saturated heterocycles. The van der Waals surface area contributed by atoms with Gasteiger partial charge in [0.25, 0.3) is 0 Å². The van der Waals surface area contributed by atoms with Gasteiger partial charge < -0.3 is 10.4 Å². The van der Waals surface area contributed by atoms with Crippen LogP contribution in [-0.4, -0.2) is 28.5 Å². The minimum atomic E-state index is -0.850. The normalized spacial score (nSPS) is 10.8. The SMILES string of the molecule is CC(C)c1ccc(-c2nc(CC(=O)NCCCC(=O)O)cs2)cc1. The fourth-order valence-corrected chi connectivity index (χ4v) is 3.05. The van der Waals surface area contributed by atoms with Crippen LogP contribution < -0.4 is 5.32 Å². The molecule has 0 aliphatic heterocycles. The van der Waals surface area contributed by atoms with Gasteiger partial charge in [0.1, 0.15) is 5.01 Å². The van der Waals surface area contributed by atoms with Gasteiger partial charge in [-0.2, -0.15) is 0 Å². The topological polar surface area (TPSA) is 79.3 Å². The van der Waals surface area contributed by atoms with E-state index in [1.165, 1.54) is 16.9 Å². The number of nitrogens with one attached hydrogen (secondary N) is 1. The Labute approximate surface area is 145 Å². The van der Waals surface area contributed by atoms with Gasteiger partial charge in [-0.3, -0.25) is 9.59 Å². The van der Waals surface area contributed by atoms with Gasteiger partial charge in [-0.05, 0) is 17.9 Å². The Balaban J connectivity index is 1.88. The second-order valence-corrected chi connectivity index (χ2v) is 6.80. The molecule has 0 unspecified atom stereocenters. The number of aromatic nitrogens is 1. The highest BCUT2D eigenvalue weighted by Gasteiger charge is 2.09. The maximum Gasteiger partial charge on any atom is 0.303 e. The number of aliphatic carboxylic acids is 1. The van der Waals surface area contributed by atoms with E-state index in [1.54, 1.807) is 0 Å². The van der Waals surface area contributed by atoms with Crippen LogP contribution in [0.1, 0.15) is 43.9 Å². The average Bonchev–Trinajstić information content (AvgIpc) is 3.00. The van der Waals surface area contributed by atoms with Gasteiger partial charge in [0.15, 0.2) is 0 Å². The summed E-state index contributed by atoms with van der Waals surface area (Å²) < 4.78 is 0. The second kappa shape index (κ2) is 8.59. The van der Waals surface area contributed by atoms with E-state index in [0.717, 1.165) is 16.3 Å². The Kier molecular flexibility index (Phi) is 6.49. The smallest absolute Gasteiger partial charge is 0.303 e. The number of carbonyl (C=O) groups excluding carboxylic acids is 1. The summed E-state index contributed by atoms with van der Waals surface area (Å²) in [5, 5.41) is 14.1. The number of hydrogen-bond donors (Lipinski definition) is 2. The Morgan fingerprint density at radius 2 is 1.96 bits per heavy atom. The van der Waals surface area contributed by atoms with Gasteiger partial charge in [0, 0.05) is 23.9 Å². The zero-order valence-electron chi connectivity index (χ0n) is 13.9. The molecule has 5 nitrogen and oxygen atoms in total. The zero-order chi connectivity index (χ0) is 17.5. The largest absolute Gasteiger partial charge is 0.481 e. The lowest BCUT2D eigenvalue weighted by Gasteiger charge is -2.05. The predicted molar refractivity (Wildman–Crippen MR) is 95.2 cm³/mol. The van der Waals surface area contributed by atoms with E-state index < -0.39 is 5.97 Å². The third-order valence-corrected chi connectivity index (χ3v) is 4.55. The number of carboxylic acids is 1. The van der Waals surface area contributed by atoms with E-state index >= 15 is 0 Å². The molecule has 2 aromatic rings. The van der Waals surface area contributed by atoms with E-state index in [-0.39, 0.29) is 18.7 Å². The molecule has 2 rings (SSSR count). The molecule has 0 radical (unpaired) electrons. The molecular weight excluding hydrogens is 324 g/mol. The first-order chi connectivity index (χ1) is 11.5. The zero-order valence-corrected chi connectivity index (χ0v) is 14.7.